The first kappa shape index (κ1) is 14.4. The molecule has 0 atom stereocenters. The third kappa shape index (κ3) is 2.78. The van der Waals surface area contributed by atoms with Gasteiger partial charge in [-0.3, -0.25) is 4.72 Å². The number of hydrogen-bond donors (Lipinski definition) is 1. The Morgan fingerprint density at radius 2 is 2.20 bits per heavy atom. The van der Waals surface area contributed by atoms with Crippen LogP contribution in [0.3, 0.4) is 0 Å². The monoisotopic (exact) mass is 313 g/mol. The topological polar surface area (TPSA) is 98.2 Å². The van der Waals surface area contributed by atoms with Crippen molar-refractivity contribution in [2.24, 2.45) is 0 Å². The highest BCUT2D eigenvalue weighted by atomic mass is 32.2. The highest BCUT2D eigenvalue weighted by Gasteiger charge is 2.27. The SMILES string of the molecule is COC(=O)c1scc(C)c1S(=O)(=O)Nc1cccnn1. The second-order valence-corrected chi connectivity index (χ2v) is 6.28. The lowest BCUT2D eigenvalue weighted by Crippen LogP contribution is -2.17. The molecule has 9 heteroatoms. The minimum Gasteiger partial charge on any atom is -0.465 e. The summed E-state index contributed by atoms with van der Waals surface area (Å²) in [6.07, 6.45) is 1.42. The standard InChI is InChI=1S/C11H11N3O4S2/c1-7-6-19-9(11(15)18-2)10(7)20(16,17)14-8-4-3-5-12-13-8/h3-6H,1-2H3,(H,13,14). The number of ether oxygens (including phenoxy) is 1. The zero-order valence-corrected chi connectivity index (χ0v) is 12.3. The lowest BCUT2D eigenvalue weighted by atomic mass is 10.3. The number of thiophene rings is 1. The lowest BCUT2D eigenvalue weighted by Gasteiger charge is -2.08. The second kappa shape index (κ2) is 5.55. The summed E-state index contributed by atoms with van der Waals surface area (Å²) < 4.78 is 31.6. The molecule has 20 heavy (non-hydrogen) atoms. The maximum atomic E-state index is 12.3. The summed E-state index contributed by atoms with van der Waals surface area (Å²) in [5.74, 6) is -0.614. The highest BCUT2D eigenvalue weighted by molar-refractivity contribution is 7.93. The van der Waals surface area contributed by atoms with Gasteiger partial charge in [0, 0.05) is 6.20 Å². The third-order valence-corrected chi connectivity index (χ3v) is 5.12. The molecule has 0 aliphatic carbocycles. The van der Waals surface area contributed by atoms with E-state index >= 15 is 0 Å². The Balaban J connectivity index is 2.45. The van der Waals surface area contributed by atoms with Gasteiger partial charge in [-0.25, -0.2) is 13.2 Å². The Morgan fingerprint density at radius 1 is 1.45 bits per heavy atom. The Kier molecular flexibility index (Phi) is 4.00. The summed E-state index contributed by atoms with van der Waals surface area (Å²) in [6.45, 7) is 1.61. The predicted molar refractivity (Wildman–Crippen MR) is 73.2 cm³/mol. The van der Waals surface area contributed by atoms with Gasteiger partial charge in [0.2, 0.25) is 0 Å². The molecule has 7 nitrogen and oxygen atoms in total. The van der Waals surface area contributed by atoms with Gasteiger partial charge in [0.1, 0.15) is 9.77 Å². The van der Waals surface area contributed by atoms with E-state index < -0.39 is 16.0 Å². The molecule has 2 aromatic heterocycles. The molecule has 0 aromatic carbocycles. The Bertz CT molecular complexity index is 725. The smallest absolute Gasteiger partial charge is 0.349 e. The first-order valence-corrected chi connectivity index (χ1v) is 7.79. The molecule has 2 aromatic rings. The molecule has 2 heterocycles. The number of anilines is 1. The number of esters is 1. The molecule has 106 valence electrons. The van der Waals surface area contributed by atoms with Crippen LogP contribution in [-0.2, 0) is 14.8 Å². The first-order chi connectivity index (χ1) is 9.45. The van der Waals surface area contributed by atoms with Crippen molar-refractivity contribution in [3.05, 3.63) is 34.2 Å². The molecule has 0 unspecified atom stereocenters. The molecule has 0 amide bonds. The van der Waals surface area contributed by atoms with E-state index in [-0.39, 0.29) is 15.6 Å². The molecule has 1 N–H and O–H groups in total. The number of nitrogens with one attached hydrogen (secondary N) is 1. The van der Waals surface area contributed by atoms with Crippen LogP contribution in [0.15, 0.2) is 28.6 Å². The lowest BCUT2D eigenvalue weighted by molar-refractivity contribution is 0.0602. The number of carbonyl (C=O) groups excluding carboxylic acids is 1. The van der Waals surface area contributed by atoms with Crippen molar-refractivity contribution in [1.29, 1.82) is 0 Å². The fraction of sp³-hybridized carbons (Fsp3) is 0.182. The van der Waals surface area contributed by atoms with E-state index in [1.165, 1.54) is 19.4 Å². The van der Waals surface area contributed by atoms with Crippen molar-refractivity contribution in [3.8, 4) is 0 Å². The summed E-state index contributed by atoms with van der Waals surface area (Å²) in [5.41, 5.74) is 0.465. The Hall–Kier alpha value is -2.00. The van der Waals surface area contributed by atoms with Crippen LogP contribution in [0.5, 0.6) is 0 Å². The maximum absolute atomic E-state index is 12.3. The molecular formula is C11H11N3O4S2. The number of aromatic nitrogens is 2. The van der Waals surface area contributed by atoms with Crippen LogP contribution in [0.2, 0.25) is 0 Å². The van der Waals surface area contributed by atoms with Crippen LogP contribution in [0.4, 0.5) is 5.82 Å². The van der Waals surface area contributed by atoms with E-state index in [2.05, 4.69) is 19.7 Å². The summed E-state index contributed by atoms with van der Waals surface area (Å²) in [4.78, 5) is 11.5. The van der Waals surface area contributed by atoms with E-state index in [0.29, 0.717) is 5.56 Å². The van der Waals surface area contributed by atoms with Gasteiger partial charge in [0.15, 0.2) is 5.82 Å². The van der Waals surface area contributed by atoms with Crippen LogP contribution in [0.25, 0.3) is 0 Å². The number of nitrogens with zero attached hydrogens (tertiary/aromatic N) is 2. The molecular weight excluding hydrogens is 302 g/mol. The fourth-order valence-electron chi connectivity index (χ4n) is 1.55. The van der Waals surface area contributed by atoms with Crippen LogP contribution in [-0.4, -0.2) is 31.7 Å². The summed E-state index contributed by atoms with van der Waals surface area (Å²) in [7, 11) is -2.73. The van der Waals surface area contributed by atoms with Crippen LogP contribution < -0.4 is 4.72 Å². The Morgan fingerprint density at radius 3 is 2.80 bits per heavy atom. The second-order valence-electron chi connectivity index (χ2n) is 3.78. The average molecular weight is 313 g/mol. The van der Waals surface area contributed by atoms with Gasteiger partial charge in [-0.15, -0.1) is 16.4 Å². The van der Waals surface area contributed by atoms with E-state index in [0.717, 1.165) is 11.3 Å². The van der Waals surface area contributed by atoms with E-state index in [9.17, 15) is 13.2 Å². The van der Waals surface area contributed by atoms with Crippen molar-refractivity contribution >= 4 is 33.1 Å². The molecule has 0 spiro atoms. The van der Waals surface area contributed by atoms with Crippen LogP contribution >= 0.6 is 11.3 Å². The van der Waals surface area contributed by atoms with Gasteiger partial charge < -0.3 is 4.74 Å². The predicted octanol–water partition coefficient (Wildman–Crippen LogP) is 1.43. The zero-order valence-electron chi connectivity index (χ0n) is 10.7. The van der Waals surface area contributed by atoms with E-state index in [4.69, 9.17) is 0 Å². The molecule has 0 aliphatic heterocycles. The van der Waals surface area contributed by atoms with Gasteiger partial charge in [-0.2, -0.15) is 5.10 Å². The van der Waals surface area contributed by atoms with Gasteiger partial charge >= 0.3 is 5.97 Å². The van der Waals surface area contributed by atoms with Crippen molar-refractivity contribution in [2.45, 2.75) is 11.8 Å². The fourth-order valence-corrected chi connectivity index (χ4v) is 4.25. The average Bonchev–Trinajstić information content (AvgIpc) is 2.81. The molecule has 2 rings (SSSR count). The van der Waals surface area contributed by atoms with Gasteiger partial charge in [0.25, 0.3) is 10.0 Å². The molecule has 0 aliphatic rings. The number of hydrogen-bond acceptors (Lipinski definition) is 7. The highest BCUT2D eigenvalue weighted by Crippen LogP contribution is 2.28. The summed E-state index contributed by atoms with van der Waals surface area (Å²) in [5, 5.41) is 8.81. The number of rotatable bonds is 4. The van der Waals surface area contributed by atoms with Crippen molar-refractivity contribution in [1.82, 2.24) is 10.2 Å². The Labute approximate surface area is 119 Å². The van der Waals surface area contributed by atoms with Crippen molar-refractivity contribution < 1.29 is 17.9 Å². The zero-order chi connectivity index (χ0) is 14.8. The molecule has 0 saturated heterocycles. The van der Waals surface area contributed by atoms with Crippen molar-refractivity contribution in [2.75, 3.05) is 11.8 Å². The van der Waals surface area contributed by atoms with Gasteiger partial charge in [-0.1, -0.05) is 0 Å². The summed E-state index contributed by atoms with van der Waals surface area (Å²) >= 11 is 1.02. The normalized spacial score (nSPS) is 11.1. The molecule has 0 fully saturated rings. The maximum Gasteiger partial charge on any atom is 0.349 e. The largest absolute Gasteiger partial charge is 0.465 e. The first-order valence-electron chi connectivity index (χ1n) is 5.42. The minimum atomic E-state index is -3.93. The van der Waals surface area contributed by atoms with Crippen LogP contribution in [0.1, 0.15) is 15.2 Å². The third-order valence-electron chi connectivity index (χ3n) is 2.37. The number of methoxy groups -OCH3 is 1. The van der Waals surface area contributed by atoms with E-state index in [1.807, 2.05) is 0 Å². The van der Waals surface area contributed by atoms with Gasteiger partial charge in [0.05, 0.1) is 7.11 Å². The van der Waals surface area contributed by atoms with Crippen LogP contribution in [0, 0.1) is 6.92 Å². The summed E-state index contributed by atoms with van der Waals surface area (Å²) in [6, 6.07) is 3.01. The minimum absolute atomic E-state index is 0.0291. The molecule has 0 saturated carbocycles. The quantitative estimate of drug-likeness (QED) is 0.857. The van der Waals surface area contributed by atoms with E-state index in [1.54, 1.807) is 18.4 Å². The number of aryl methyl sites for hydroxylation is 1. The number of carbonyl (C=O) groups is 1. The molecule has 0 bridgehead atoms. The van der Waals surface area contributed by atoms with Crippen molar-refractivity contribution in [3.63, 3.8) is 0 Å². The molecule has 0 radical (unpaired) electrons. The number of sulfonamides is 1. The van der Waals surface area contributed by atoms with Gasteiger partial charge in [-0.05, 0) is 30.0 Å².